The van der Waals surface area contributed by atoms with Gasteiger partial charge in [-0.3, -0.25) is 0 Å². The largest absolute Gasteiger partial charge is 0.495 e. The standard InChI is InChI=1S/C6H5ClINO/c1-10-5-2-6(7)9-3-4(5)8/h2-3H,1H3. The van der Waals surface area contributed by atoms with Gasteiger partial charge in [-0.05, 0) is 22.6 Å². The lowest BCUT2D eigenvalue weighted by Gasteiger charge is -2.00. The molecule has 1 rings (SSSR count). The highest BCUT2D eigenvalue weighted by Crippen LogP contribution is 2.21. The van der Waals surface area contributed by atoms with Crippen molar-refractivity contribution in [2.45, 2.75) is 0 Å². The smallest absolute Gasteiger partial charge is 0.136 e. The molecule has 0 unspecified atom stereocenters. The predicted octanol–water partition coefficient (Wildman–Crippen LogP) is 2.35. The summed E-state index contributed by atoms with van der Waals surface area (Å²) in [5.41, 5.74) is 0. The Bertz CT molecular complexity index is 241. The van der Waals surface area contributed by atoms with Crippen LogP contribution in [0.1, 0.15) is 0 Å². The molecule has 0 saturated heterocycles. The van der Waals surface area contributed by atoms with E-state index in [0.717, 1.165) is 9.32 Å². The third-order valence-corrected chi connectivity index (χ3v) is 2.02. The van der Waals surface area contributed by atoms with E-state index in [9.17, 15) is 0 Å². The molecule has 0 fully saturated rings. The van der Waals surface area contributed by atoms with Gasteiger partial charge in [0.25, 0.3) is 0 Å². The van der Waals surface area contributed by atoms with Gasteiger partial charge in [0.2, 0.25) is 0 Å². The summed E-state index contributed by atoms with van der Waals surface area (Å²) in [5, 5.41) is 0.456. The van der Waals surface area contributed by atoms with Crippen molar-refractivity contribution in [3.05, 3.63) is 21.0 Å². The molecule has 0 atom stereocenters. The molecular weight excluding hydrogens is 264 g/mol. The Balaban J connectivity index is 3.09. The third-order valence-electron chi connectivity index (χ3n) is 1.01. The number of methoxy groups -OCH3 is 1. The normalized spacial score (nSPS) is 9.50. The molecule has 54 valence electrons. The number of ether oxygens (including phenoxy) is 1. The highest BCUT2D eigenvalue weighted by Gasteiger charge is 1.99. The van der Waals surface area contributed by atoms with E-state index in [-0.39, 0.29) is 0 Å². The molecule has 0 radical (unpaired) electrons. The van der Waals surface area contributed by atoms with Crippen LogP contribution in [0.15, 0.2) is 12.3 Å². The molecule has 0 aliphatic rings. The second-order valence-electron chi connectivity index (χ2n) is 1.64. The zero-order valence-electron chi connectivity index (χ0n) is 5.27. The molecule has 0 spiro atoms. The van der Waals surface area contributed by atoms with Gasteiger partial charge in [-0.25, -0.2) is 4.98 Å². The Labute approximate surface area is 77.7 Å². The molecule has 10 heavy (non-hydrogen) atoms. The SMILES string of the molecule is COc1cc(Cl)ncc1I. The summed E-state index contributed by atoms with van der Waals surface area (Å²) in [6.45, 7) is 0. The fourth-order valence-electron chi connectivity index (χ4n) is 0.553. The molecule has 0 amide bonds. The number of hydrogen-bond acceptors (Lipinski definition) is 2. The van der Waals surface area contributed by atoms with Crippen LogP contribution in [-0.4, -0.2) is 12.1 Å². The van der Waals surface area contributed by atoms with Gasteiger partial charge < -0.3 is 4.74 Å². The van der Waals surface area contributed by atoms with Crippen molar-refractivity contribution in [3.8, 4) is 5.75 Å². The Kier molecular flexibility index (Phi) is 2.73. The van der Waals surface area contributed by atoms with E-state index >= 15 is 0 Å². The fourth-order valence-corrected chi connectivity index (χ4v) is 1.22. The average Bonchev–Trinajstić information content (AvgIpc) is 1.94. The maximum absolute atomic E-state index is 5.60. The van der Waals surface area contributed by atoms with Gasteiger partial charge >= 0.3 is 0 Å². The quantitative estimate of drug-likeness (QED) is 0.577. The number of nitrogens with zero attached hydrogens (tertiary/aromatic N) is 1. The first-order valence-electron chi connectivity index (χ1n) is 2.59. The van der Waals surface area contributed by atoms with Gasteiger partial charge in [0.1, 0.15) is 10.9 Å². The van der Waals surface area contributed by atoms with E-state index in [1.165, 1.54) is 0 Å². The third kappa shape index (κ3) is 1.73. The highest BCUT2D eigenvalue weighted by atomic mass is 127. The Morgan fingerprint density at radius 1 is 1.70 bits per heavy atom. The van der Waals surface area contributed by atoms with E-state index in [0.29, 0.717) is 5.15 Å². The number of aromatic nitrogens is 1. The zero-order valence-corrected chi connectivity index (χ0v) is 8.18. The monoisotopic (exact) mass is 269 g/mol. The lowest BCUT2D eigenvalue weighted by atomic mass is 10.5. The number of halogens is 2. The highest BCUT2D eigenvalue weighted by molar-refractivity contribution is 14.1. The van der Waals surface area contributed by atoms with Crippen LogP contribution >= 0.6 is 34.2 Å². The maximum Gasteiger partial charge on any atom is 0.136 e. The van der Waals surface area contributed by atoms with E-state index in [1.54, 1.807) is 19.4 Å². The molecule has 0 N–H and O–H groups in total. The fraction of sp³-hybridized carbons (Fsp3) is 0.167. The van der Waals surface area contributed by atoms with E-state index in [4.69, 9.17) is 16.3 Å². The minimum atomic E-state index is 0.456. The predicted molar refractivity (Wildman–Crippen MR) is 48.5 cm³/mol. The van der Waals surface area contributed by atoms with Crippen molar-refractivity contribution in [1.29, 1.82) is 0 Å². The molecule has 1 aromatic rings. The minimum absolute atomic E-state index is 0.456. The minimum Gasteiger partial charge on any atom is -0.495 e. The molecule has 0 bridgehead atoms. The van der Waals surface area contributed by atoms with Crippen LogP contribution in [0.2, 0.25) is 5.15 Å². The average molecular weight is 269 g/mol. The molecule has 0 aliphatic heterocycles. The summed E-state index contributed by atoms with van der Waals surface area (Å²) in [6, 6.07) is 1.68. The van der Waals surface area contributed by atoms with E-state index in [2.05, 4.69) is 27.6 Å². The number of pyridine rings is 1. The van der Waals surface area contributed by atoms with Gasteiger partial charge in [0.15, 0.2) is 0 Å². The number of hydrogen-bond donors (Lipinski definition) is 0. The molecule has 0 aromatic carbocycles. The molecule has 4 heteroatoms. The van der Waals surface area contributed by atoms with Crippen LogP contribution in [0, 0.1) is 3.57 Å². The van der Waals surface area contributed by atoms with Gasteiger partial charge in [0, 0.05) is 12.3 Å². The molecule has 0 aliphatic carbocycles. The van der Waals surface area contributed by atoms with Crippen molar-refractivity contribution >= 4 is 34.2 Å². The molecule has 2 nitrogen and oxygen atoms in total. The second kappa shape index (κ2) is 3.39. The first kappa shape index (κ1) is 8.07. The summed E-state index contributed by atoms with van der Waals surface area (Å²) >= 11 is 7.73. The first-order valence-corrected chi connectivity index (χ1v) is 4.04. The van der Waals surface area contributed by atoms with Crippen molar-refractivity contribution in [2.24, 2.45) is 0 Å². The van der Waals surface area contributed by atoms with Gasteiger partial charge in [-0.15, -0.1) is 0 Å². The summed E-state index contributed by atoms with van der Waals surface area (Å²) < 4.78 is 5.96. The van der Waals surface area contributed by atoms with Crippen molar-refractivity contribution < 1.29 is 4.74 Å². The van der Waals surface area contributed by atoms with Crippen molar-refractivity contribution in [1.82, 2.24) is 4.98 Å². The summed E-state index contributed by atoms with van der Waals surface area (Å²) in [4.78, 5) is 3.87. The molecule has 1 aromatic heterocycles. The summed E-state index contributed by atoms with van der Waals surface area (Å²) in [7, 11) is 1.60. The van der Waals surface area contributed by atoms with Crippen LogP contribution < -0.4 is 4.74 Å². The maximum atomic E-state index is 5.60. The van der Waals surface area contributed by atoms with Crippen LogP contribution in [0.4, 0.5) is 0 Å². The molecular formula is C6H5ClINO. The Hall–Kier alpha value is -0.0300. The molecule has 1 heterocycles. The Morgan fingerprint density at radius 2 is 2.40 bits per heavy atom. The zero-order chi connectivity index (χ0) is 7.56. The lowest BCUT2D eigenvalue weighted by molar-refractivity contribution is 0.411. The first-order chi connectivity index (χ1) is 4.74. The summed E-state index contributed by atoms with van der Waals surface area (Å²) in [6.07, 6.45) is 1.67. The van der Waals surface area contributed by atoms with Crippen LogP contribution in [-0.2, 0) is 0 Å². The van der Waals surface area contributed by atoms with E-state index < -0.39 is 0 Å². The van der Waals surface area contributed by atoms with Crippen LogP contribution in [0.5, 0.6) is 5.75 Å². The van der Waals surface area contributed by atoms with Crippen molar-refractivity contribution in [3.63, 3.8) is 0 Å². The Morgan fingerprint density at radius 3 is 2.90 bits per heavy atom. The van der Waals surface area contributed by atoms with E-state index in [1.807, 2.05) is 0 Å². The second-order valence-corrected chi connectivity index (χ2v) is 3.19. The molecule has 0 saturated carbocycles. The van der Waals surface area contributed by atoms with Crippen LogP contribution in [0.3, 0.4) is 0 Å². The number of rotatable bonds is 1. The lowest BCUT2D eigenvalue weighted by Crippen LogP contribution is -1.87. The van der Waals surface area contributed by atoms with Gasteiger partial charge in [-0.1, -0.05) is 11.6 Å². The van der Waals surface area contributed by atoms with Gasteiger partial charge in [-0.2, -0.15) is 0 Å². The van der Waals surface area contributed by atoms with Crippen LogP contribution in [0.25, 0.3) is 0 Å². The summed E-state index contributed by atoms with van der Waals surface area (Å²) in [5.74, 6) is 0.764. The topological polar surface area (TPSA) is 22.1 Å². The van der Waals surface area contributed by atoms with Gasteiger partial charge in [0.05, 0.1) is 10.7 Å². The van der Waals surface area contributed by atoms with Crippen molar-refractivity contribution in [2.75, 3.05) is 7.11 Å².